The molecule has 0 aliphatic rings. The van der Waals surface area contributed by atoms with Gasteiger partial charge in [-0.15, -0.1) is 0 Å². The summed E-state index contributed by atoms with van der Waals surface area (Å²) in [5, 5.41) is 14.4. The number of benzene rings is 1. The molecule has 7 nitrogen and oxygen atoms in total. The van der Waals surface area contributed by atoms with Gasteiger partial charge in [-0.25, -0.2) is 4.68 Å². The minimum absolute atomic E-state index is 0.125. The van der Waals surface area contributed by atoms with Gasteiger partial charge in [0, 0.05) is 11.6 Å². The van der Waals surface area contributed by atoms with Crippen molar-refractivity contribution in [1.29, 1.82) is 0 Å². The van der Waals surface area contributed by atoms with Crippen molar-refractivity contribution >= 4 is 23.5 Å². The molecular formula is C14H18ClN5O2. The fraction of sp³-hybridized carbons (Fsp3) is 0.429. The highest BCUT2D eigenvalue weighted by Crippen LogP contribution is 2.25. The molecule has 0 saturated heterocycles. The second-order valence-corrected chi connectivity index (χ2v) is 5.31. The minimum Gasteiger partial charge on any atom is -0.484 e. The number of hydrogen-bond donors (Lipinski definition) is 1. The highest BCUT2D eigenvalue weighted by Gasteiger charge is 2.11. The Hall–Kier alpha value is -2.15. The molecule has 0 spiro atoms. The summed E-state index contributed by atoms with van der Waals surface area (Å²) in [6, 6.07) is 3.59. The third kappa shape index (κ3) is 3.94. The lowest BCUT2D eigenvalue weighted by Crippen LogP contribution is -2.22. The van der Waals surface area contributed by atoms with Gasteiger partial charge in [0.25, 0.3) is 5.91 Å². The summed E-state index contributed by atoms with van der Waals surface area (Å²) in [4.78, 5) is 11.9. The van der Waals surface area contributed by atoms with Crippen molar-refractivity contribution in [3.63, 3.8) is 0 Å². The third-order valence-electron chi connectivity index (χ3n) is 3.00. The molecule has 0 aliphatic carbocycles. The van der Waals surface area contributed by atoms with Crippen LogP contribution in [-0.4, -0.2) is 32.7 Å². The number of anilines is 1. The van der Waals surface area contributed by atoms with E-state index in [2.05, 4.69) is 20.8 Å². The van der Waals surface area contributed by atoms with Crippen LogP contribution in [0.5, 0.6) is 5.75 Å². The van der Waals surface area contributed by atoms with Crippen LogP contribution in [-0.2, 0) is 11.3 Å². The van der Waals surface area contributed by atoms with Gasteiger partial charge in [0.15, 0.2) is 6.61 Å². The number of aryl methyl sites for hydroxylation is 3. The predicted molar refractivity (Wildman–Crippen MR) is 83.2 cm³/mol. The van der Waals surface area contributed by atoms with Crippen molar-refractivity contribution in [3.05, 3.63) is 28.3 Å². The van der Waals surface area contributed by atoms with Crippen molar-refractivity contribution < 1.29 is 9.53 Å². The van der Waals surface area contributed by atoms with Crippen molar-refractivity contribution in [3.8, 4) is 5.75 Å². The molecule has 1 aromatic heterocycles. The Morgan fingerprint density at radius 2 is 2.05 bits per heavy atom. The van der Waals surface area contributed by atoms with Gasteiger partial charge in [0.1, 0.15) is 5.75 Å². The van der Waals surface area contributed by atoms with E-state index in [1.807, 2.05) is 20.8 Å². The number of aromatic nitrogens is 4. The van der Waals surface area contributed by atoms with Crippen LogP contribution in [0.25, 0.3) is 0 Å². The molecule has 2 aromatic rings. The fourth-order valence-corrected chi connectivity index (χ4v) is 2.06. The molecule has 0 atom stereocenters. The van der Waals surface area contributed by atoms with Crippen LogP contribution >= 0.6 is 11.6 Å². The first-order valence-corrected chi connectivity index (χ1v) is 7.34. The van der Waals surface area contributed by atoms with E-state index in [-0.39, 0.29) is 12.5 Å². The largest absolute Gasteiger partial charge is 0.484 e. The summed E-state index contributed by atoms with van der Waals surface area (Å²) in [5.74, 6) is 0.596. The van der Waals surface area contributed by atoms with Gasteiger partial charge in [-0.1, -0.05) is 23.6 Å². The molecule has 1 amide bonds. The maximum Gasteiger partial charge on any atom is 0.264 e. The second kappa shape index (κ2) is 7.22. The quantitative estimate of drug-likeness (QED) is 0.882. The van der Waals surface area contributed by atoms with E-state index < -0.39 is 0 Å². The van der Waals surface area contributed by atoms with Crippen LogP contribution in [0, 0.1) is 13.8 Å². The number of nitrogens with zero attached hydrogens (tertiary/aromatic N) is 4. The van der Waals surface area contributed by atoms with Gasteiger partial charge < -0.3 is 4.74 Å². The molecule has 22 heavy (non-hydrogen) atoms. The van der Waals surface area contributed by atoms with Gasteiger partial charge in [-0.05, 0) is 54.0 Å². The number of amides is 1. The molecule has 0 radical (unpaired) electrons. The first-order valence-electron chi connectivity index (χ1n) is 6.96. The molecule has 0 fully saturated rings. The maximum absolute atomic E-state index is 11.9. The summed E-state index contributed by atoms with van der Waals surface area (Å²) in [6.45, 7) is 6.29. The maximum atomic E-state index is 11.9. The predicted octanol–water partition coefficient (Wildman–Crippen LogP) is 2.37. The molecule has 1 aromatic carbocycles. The Morgan fingerprint density at radius 1 is 1.36 bits per heavy atom. The van der Waals surface area contributed by atoms with Crippen molar-refractivity contribution in [2.45, 2.75) is 33.7 Å². The molecule has 8 heteroatoms. The zero-order valence-electron chi connectivity index (χ0n) is 12.8. The molecule has 1 N–H and O–H groups in total. The van der Waals surface area contributed by atoms with Gasteiger partial charge in [-0.3, -0.25) is 10.1 Å². The number of nitrogens with one attached hydrogen (secondary N) is 1. The zero-order chi connectivity index (χ0) is 16.1. The highest BCUT2D eigenvalue weighted by atomic mass is 35.5. The van der Waals surface area contributed by atoms with Gasteiger partial charge in [-0.2, -0.15) is 0 Å². The standard InChI is InChI=1S/C14H18ClN5O2/c1-4-5-20-14(17-18-19-20)16-12(21)8-22-11-6-9(2)13(15)10(3)7-11/h6-7H,4-5,8H2,1-3H3,(H,16,17,19,21). The molecule has 0 saturated carbocycles. The van der Waals surface area contributed by atoms with Crippen LogP contribution in [0.3, 0.4) is 0 Å². The monoisotopic (exact) mass is 323 g/mol. The normalized spacial score (nSPS) is 10.5. The van der Waals surface area contributed by atoms with E-state index >= 15 is 0 Å². The van der Waals surface area contributed by atoms with Gasteiger partial charge in [0.2, 0.25) is 5.95 Å². The summed E-state index contributed by atoms with van der Waals surface area (Å²) in [7, 11) is 0. The van der Waals surface area contributed by atoms with E-state index in [1.54, 1.807) is 12.1 Å². The Bertz CT molecular complexity index is 648. The highest BCUT2D eigenvalue weighted by molar-refractivity contribution is 6.32. The molecule has 0 bridgehead atoms. The smallest absolute Gasteiger partial charge is 0.264 e. The average molecular weight is 324 g/mol. The minimum atomic E-state index is -0.322. The fourth-order valence-electron chi connectivity index (χ4n) is 1.96. The Morgan fingerprint density at radius 3 is 2.68 bits per heavy atom. The number of tetrazole rings is 1. The number of hydrogen-bond acceptors (Lipinski definition) is 5. The number of carbonyl (C=O) groups is 1. The second-order valence-electron chi connectivity index (χ2n) is 4.93. The zero-order valence-corrected chi connectivity index (χ0v) is 13.5. The summed E-state index contributed by atoms with van der Waals surface area (Å²) < 4.78 is 7.02. The third-order valence-corrected chi connectivity index (χ3v) is 3.59. The van der Waals surface area contributed by atoms with Crippen molar-refractivity contribution in [2.24, 2.45) is 0 Å². The van der Waals surface area contributed by atoms with E-state index in [1.165, 1.54) is 4.68 Å². The molecule has 0 unspecified atom stereocenters. The molecule has 0 aliphatic heterocycles. The lowest BCUT2D eigenvalue weighted by molar-refractivity contribution is -0.118. The van der Waals surface area contributed by atoms with E-state index in [0.29, 0.717) is 23.3 Å². The average Bonchev–Trinajstić information content (AvgIpc) is 2.90. The number of rotatable bonds is 6. The SMILES string of the molecule is CCCn1nnnc1NC(=O)COc1cc(C)c(Cl)c(C)c1. The Labute approximate surface area is 133 Å². The number of carbonyl (C=O) groups excluding carboxylic acids is 1. The van der Waals surface area contributed by atoms with Crippen LogP contribution in [0.4, 0.5) is 5.95 Å². The summed E-state index contributed by atoms with van der Waals surface area (Å²) in [6.07, 6.45) is 0.869. The van der Waals surface area contributed by atoms with E-state index in [4.69, 9.17) is 16.3 Å². The Kier molecular flexibility index (Phi) is 5.32. The van der Waals surface area contributed by atoms with Crippen molar-refractivity contribution in [2.75, 3.05) is 11.9 Å². The van der Waals surface area contributed by atoms with Crippen LogP contribution in [0.2, 0.25) is 5.02 Å². The molecule has 1 heterocycles. The lowest BCUT2D eigenvalue weighted by atomic mass is 10.1. The van der Waals surface area contributed by atoms with Gasteiger partial charge in [0.05, 0.1) is 0 Å². The van der Waals surface area contributed by atoms with Crippen LogP contribution < -0.4 is 10.1 Å². The first-order chi connectivity index (χ1) is 10.5. The van der Waals surface area contributed by atoms with E-state index in [0.717, 1.165) is 17.5 Å². The first kappa shape index (κ1) is 16.2. The topological polar surface area (TPSA) is 81.9 Å². The van der Waals surface area contributed by atoms with Gasteiger partial charge >= 0.3 is 0 Å². The Balaban J connectivity index is 1.94. The molecular weight excluding hydrogens is 306 g/mol. The van der Waals surface area contributed by atoms with E-state index in [9.17, 15) is 4.79 Å². The molecule has 118 valence electrons. The number of ether oxygens (including phenoxy) is 1. The summed E-state index contributed by atoms with van der Waals surface area (Å²) >= 11 is 6.09. The van der Waals surface area contributed by atoms with Crippen LogP contribution in [0.1, 0.15) is 24.5 Å². The van der Waals surface area contributed by atoms with Crippen molar-refractivity contribution in [1.82, 2.24) is 20.2 Å². The number of halogens is 1. The lowest BCUT2D eigenvalue weighted by Gasteiger charge is -2.10. The summed E-state index contributed by atoms with van der Waals surface area (Å²) in [5.41, 5.74) is 1.81. The molecule has 2 rings (SSSR count). The van der Waals surface area contributed by atoms with Crippen LogP contribution in [0.15, 0.2) is 12.1 Å².